The second-order valence-electron chi connectivity index (χ2n) is 3.24. The maximum Gasteiger partial charge on any atom is 0.381 e. The molecule has 0 radical (unpaired) electrons. The molecule has 82 valence electrons. The number of nitrogens with zero attached hydrogens (tertiary/aromatic N) is 1. The SMILES string of the molecule is CCC(CC)CC(C(=O)OC)[N+](=O)[O-]. The minimum Gasteiger partial charge on any atom is -0.464 e. The van der Waals surface area contributed by atoms with E-state index in [1.54, 1.807) is 0 Å². The van der Waals surface area contributed by atoms with Gasteiger partial charge in [-0.1, -0.05) is 26.7 Å². The van der Waals surface area contributed by atoms with Crippen LogP contribution in [0.3, 0.4) is 0 Å². The fraction of sp³-hybridized carbons (Fsp3) is 0.889. The van der Waals surface area contributed by atoms with Crippen molar-refractivity contribution in [2.45, 2.75) is 39.2 Å². The summed E-state index contributed by atoms with van der Waals surface area (Å²) in [5, 5.41) is 10.6. The predicted octanol–water partition coefficient (Wildman–Crippen LogP) is 1.63. The molecule has 0 spiro atoms. The maximum absolute atomic E-state index is 11.1. The molecule has 0 saturated carbocycles. The van der Waals surface area contributed by atoms with Crippen LogP contribution >= 0.6 is 0 Å². The molecule has 0 heterocycles. The van der Waals surface area contributed by atoms with Crippen molar-refractivity contribution < 1.29 is 14.5 Å². The molecule has 14 heavy (non-hydrogen) atoms. The third kappa shape index (κ3) is 3.72. The number of ether oxygens (including phenoxy) is 1. The lowest BCUT2D eigenvalue weighted by molar-refractivity contribution is -0.512. The summed E-state index contributed by atoms with van der Waals surface area (Å²) in [5.41, 5.74) is 0. The van der Waals surface area contributed by atoms with Gasteiger partial charge in [-0.15, -0.1) is 0 Å². The first-order valence-electron chi connectivity index (χ1n) is 4.78. The summed E-state index contributed by atoms with van der Waals surface area (Å²) in [6, 6.07) is -1.20. The zero-order valence-electron chi connectivity index (χ0n) is 8.86. The van der Waals surface area contributed by atoms with Crippen LogP contribution < -0.4 is 0 Å². The van der Waals surface area contributed by atoms with Gasteiger partial charge in [-0.05, 0) is 5.92 Å². The van der Waals surface area contributed by atoms with Crippen LogP contribution in [0.15, 0.2) is 0 Å². The van der Waals surface area contributed by atoms with Crippen LogP contribution in [0.5, 0.6) is 0 Å². The van der Waals surface area contributed by atoms with Gasteiger partial charge in [-0.2, -0.15) is 0 Å². The first kappa shape index (κ1) is 12.9. The van der Waals surface area contributed by atoms with Gasteiger partial charge in [0.25, 0.3) is 0 Å². The second kappa shape index (κ2) is 6.34. The topological polar surface area (TPSA) is 69.4 Å². The number of methoxy groups -OCH3 is 1. The van der Waals surface area contributed by atoms with Gasteiger partial charge in [-0.3, -0.25) is 10.1 Å². The molecule has 0 N–H and O–H groups in total. The molecule has 1 atom stereocenters. The van der Waals surface area contributed by atoms with Gasteiger partial charge in [0.2, 0.25) is 0 Å². The Bertz CT molecular complexity index is 201. The third-order valence-electron chi connectivity index (χ3n) is 2.44. The molecule has 0 amide bonds. The monoisotopic (exact) mass is 203 g/mol. The Labute approximate surface area is 83.6 Å². The van der Waals surface area contributed by atoms with Crippen molar-refractivity contribution in [1.82, 2.24) is 0 Å². The number of rotatable bonds is 6. The lowest BCUT2D eigenvalue weighted by atomic mass is 9.95. The molecule has 0 aromatic rings. The largest absolute Gasteiger partial charge is 0.464 e. The maximum atomic E-state index is 11.1. The Balaban J connectivity index is 4.36. The fourth-order valence-corrected chi connectivity index (χ4v) is 1.34. The summed E-state index contributed by atoms with van der Waals surface area (Å²) >= 11 is 0. The number of nitro groups is 1. The number of hydrogen-bond donors (Lipinski definition) is 0. The van der Waals surface area contributed by atoms with Crippen LogP contribution in [-0.2, 0) is 9.53 Å². The zero-order valence-corrected chi connectivity index (χ0v) is 8.86. The van der Waals surface area contributed by atoms with E-state index in [9.17, 15) is 14.9 Å². The van der Waals surface area contributed by atoms with E-state index in [2.05, 4.69) is 4.74 Å². The van der Waals surface area contributed by atoms with Crippen molar-refractivity contribution in [3.63, 3.8) is 0 Å². The number of hydrogen-bond acceptors (Lipinski definition) is 4. The highest BCUT2D eigenvalue weighted by molar-refractivity contribution is 5.74. The van der Waals surface area contributed by atoms with Crippen molar-refractivity contribution in [2.75, 3.05) is 7.11 Å². The molecule has 0 aromatic carbocycles. The molecule has 1 unspecified atom stereocenters. The highest BCUT2D eigenvalue weighted by Crippen LogP contribution is 2.17. The first-order chi connectivity index (χ1) is 6.56. The first-order valence-corrected chi connectivity index (χ1v) is 4.78. The number of carbonyl (C=O) groups is 1. The minimum atomic E-state index is -1.20. The number of carbonyl (C=O) groups excluding carboxylic acids is 1. The molecular formula is C9H17NO4. The van der Waals surface area contributed by atoms with Crippen molar-refractivity contribution in [3.8, 4) is 0 Å². The van der Waals surface area contributed by atoms with Gasteiger partial charge in [-0.25, -0.2) is 4.79 Å². The van der Waals surface area contributed by atoms with Crippen molar-refractivity contribution in [2.24, 2.45) is 5.92 Å². The molecule has 0 aliphatic rings. The van der Waals surface area contributed by atoms with Crippen LogP contribution in [-0.4, -0.2) is 24.0 Å². The van der Waals surface area contributed by atoms with Crippen molar-refractivity contribution >= 4 is 5.97 Å². The van der Waals surface area contributed by atoms with Gasteiger partial charge in [0.05, 0.1) is 7.11 Å². The van der Waals surface area contributed by atoms with Gasteiger partial charge in [0.1, 0.15) is 0 Å². The molecule has 5 nitrogen and oxygen atoms in total. The summed E-state index contributed by atoms with van der Waals surface area (Å²) in [4.78, 5) is 21.1. The van der Waals surface area contributed by atoms with E-state index in [0.29, 0.717) is 0 Å². The Morgan fingerprint density at radius 2 is 1.93 bits per heavy atom. The summed E-state index contributed by atoms with van der Waals surface area (Å²) in [7, 11) is 1.17. The summed E-state index contributed by atoms with van der Waals surface area (Å²) < 4.78 is 4.38. The van der Waals surface area contributed by atoms with Crippen LogP contribution in [0.4, 0.5) is 0 Å². The molecule has 0 aliphatic heterocycles. The Morgan fingerprint density at radius 3 is 2.21 bits per heavy atom. The van der Waals surface area contributed by atoms with Gasteiger partial charge in [0.15, 0.2) is 0 Å². The quantitative estimate of drug-likeness (QED) is 0.373. The second-order valence-corrected chi connectivity index (χ2v) is 3.24. The molecule has 0 aromatic heterocycles. The van der Waals surface area contributed by atoms with E-state index in [4.69, 9.17) is 0 Å². The van der Waals surface area contributed by atoms with Crippen molar-refractivity contribution in [3.05, 3.63) is 10.1 Å². The average Bonchev–Trinajstić information content (AvgIpc) is 2.18. The smallest absolute Gasteiger partial charge is 0.381 e. The van der Waals surface area contributed by atoms with E-state index < -0.39 is 16.9 Å². The van der Waals surface area contributed by atoms with Gasteiger partial charge < -0.3 is 4.74 Å². The fourth-order valence-electron chi connectivity index (χ4n) is 1.34. The zero-order chi connectivity index (χ0) is 11.1. The van der Waals surface area contributed by atoms with Gasteiger partial charge >= 0.3 is 12.0 Å². The summed E-state index contributed by atoms with van der Waals surface area (Å²) in [5.74, 6) is -0.536. The summed E-state index contributed by atoms with van der Waals surface area (Å²) in [6.07, 6.45) is 1.96. The standard InChI is InChI=1S/C9H17NO4/c1-4-7(5-2)6-8(10(12)13)9(11)14-3/h7-8H,4-6H2,1-3H3. The molecule has 0 aliphatic carbocycles. The average molecular weight is 203 g/mol. The molecule has 0 rings (SSSR count). The Hall–Kier alpha value is -1.13. The van der Waals surface area contributed by atoms with Crippen LogP contribution in [0.1, 0.15) is 33.1 Å². The molecule has 0 fully saturated rings. The molecular weight excluding hydrogens is 186 g/mol. The summed E-state index contributed by atoms with van der Waals surface area (Å²) in [6.45, 7) is 3.92. The van der Waals surface area contributed by atoms with Crippen LogP contribution in [0.2, 0.25) is 0 Å². The number of esters is 1. The third-order valence-corrected chi connectivity index (χ3v) is 2.44. The lowest BCUT2D eigenvalue weighted by Gasteiger charge is -2.13. The molecule has 0 bridgehead atoms. The normalized spacial score (nSPS) is 12.6. The highest BCUT2D eigenvalue weighted by Gasteiger charge is 2.32. The Kier molecular flexibility index (Phi) is 5.83. The predicted molar refractivity (Wildman–Crippen MR) is 51.5 cm³/mol. The lowest BCUT2D eigenvalue weighted by Crippen LogP contribution is -2.32. The molecule has 5 heteroatoms. The van der Waals surface area contributed by atoms with E-state index in [1.807, 2.05) is 13.8 Å². The van der Waals surface area contributed by atoms with E-state index in [1.165, 1.54) is 7.11 Å². The van der Waals surface area contributed by atoms with Crippen molar-refractivity contribution in [1.29, 1.82) is 0 Å². The van der Waals surface area contributed by atoms with Gasteiger partial charge in [0, 0.05) is 11.3 Å². The van der Waals surface area contributed by atoms with Crippen LogP contribution in [0, 0.1) is 16.0 Å². The highest BCUT2D eigenvalue weighted by atomic mass is 16.6. The van der Waals surface area contributed by atoms with E-state index >= 15 is 0 Å². The minimum absolute atomic E-state index is 0.212. The Morgan fingerprint density at radius 1 is 1.43 bits per heavy atom. The molecule has 0 saturated heterocycles. The van der Waals surface area contributed by atoms with Crippen LogP contribution in [0.25, 0.3) is 0 Å². The van der Waals surface area contributed by atoms with E-state index in [0.717, 1.165) is 12.8 Å². The van der Waals surface area contributed by atoms with E-state index in [-0.39, 0.29) is 12.3 Å².